The van der Waals surface area contributed by atoms with Crippen LogP contribution in [0.3, 0.4) is 0 Å². The highest BCUT2D eigenvalue weighted by Crippen LogP contribution is 2.29. The fourth-order valence-corrected chi connectivity index (χ4v) is 2.62. The van der Waals surface area contributed by atoms with E-state index < -0.39 is 6.16 Å². The normalized spacial score (nSPS) is 10.2. The SMILES string of the molecule is COC(=O)Oc1c(Cc2ccccc2)c(C)nn1-c1ccc(C#N)cc1. The molecule has 0 aliphatic heterocycles. The Balaban J connectivity index is 2.07. The molecule has 1 heterocycles. The molecule has 0 saturated heterocycles. The third kappa shape index (κ3) is 3.57. The van der Waals surface area contributed by atoms with E-state index in [0.717, 1.165) is 16.8 Å². The lowest BCUT2D eigenvalue weighted by Gasteiger charge is -2.09. The molecule has 0 aliphatic carbocycles. The molecule has 6 heteroatoms. The average molecular weight is 347 g/mol. The number of hydrogen-bond acceptors (Lipinski definition) is 5. The number of nitrogens with zero attached hydrogens (tertiary/aromatic N) is 3. The van der Waals surface area contributed by atoms with Gasteiger partial charge in [-0.05, 0) is 36.8 Å². The average Bonchev–Trinajstić information content (AvgIpc) is 2.98. The molecular formula is C20H17N3O3. The Labute approximate surface area is 151 Å². The van der Waals surface area contributed by atoms with Crippen molar-refractivity contribution < 1.29 is 14.3 Å². The van der Waals surface area contributed by atoms with Crippen molar-refractivity contribution in [3.8, 4) is 17.6 Å². The highest BCUT2D eigenvalue weighted by Gasteiger charge is 2.21. The zero-order valence-electron chi connectivity index (χ0n) is 14.5. The fourth-order valence-electron chi connectivity index (χ4n) is 2.62. The first-order valence-corrected chi connectivity index (χ1v) is 8.01. The highest BCUT2D eigenvalue weighted by atomic mass is 16.7. The van der Waals surface area contributed by atoms with Crippen LogP contribution in [-0.4, -0.2) is 23.0 Å². The lowest BCUT2D eigenvalue weighted by molar-refractivity contribution is 0.118. The summed E-state index contributed by atoms with van der Waals surface area (Å²) in [5.41, 5.74) is 3.84. The smallest absolute Gasteiger partial charge is 0.437 e. The molecule has 3 aromatic rings. The van der Waals surface area contributed by atoms with Gasteiger partial charge in [0.1, 0.15) is 0 Å². The minimum Gasteiger partial charge on any atom is -0.437 e. The molecule has 0 bridgehead atoms. The molecular weight excluding hydrogens is 330 g/mol. The summed E-state index contributed by atoms with van der Waals surface area (Å²) in [7, 11) is 1.26. The number of carbonyl (C=O) groups is 1. The molecule has 0 aliphatic rings. The summed E-state index contributed by atoms with van der Waals surface area (Å²) < 4.78 is 11.6. The minimum absolute atomic E-state index is 0.308. The van der Waals surface area contributed by atoms with Crippen molar-refractivity contribution in [2.45, 2.75) is 13.3 Å². The van der Waals surface area contributed by atoms with Gasteiger partial charge in [0.15, 0.2) is 0 Å². The minimum atomic E-state index is -0.811. The highest BCUT2D eigenvalue weighted by molar-refractivity contribution is 5.64. The summed E-state index contributed by atoms with van der Waals surface area (Å²) in [6, 6.07) is 18.8. The van der Waals surface area contributed by atoms with E-state index in [1.54, 1.807) is 28.9 Å². The predicted octanol–water partition coefficient (Wildman–Crippen LogP) is 3.79. The van der Waals surface area contributed by atoms with Crippen molar-refractivity contribution in [3.63, 3.8) is 0 Å². The van der Waals surface area contributed by atoms with E-state index in [9.17, 15) is 4.79 Å². The van der Waals surface area contributed by atoms with Crippen molar-refractivity contribution in [1.82, 2.24) is 9.78 Å². The van der Waals surface area contributed by atoms with E-state index >= 15 is 0 Å². The fraction of sp³-hybridized carbons (Fsp3) is 0.150. The molecule has 0 radical (unpaired) electrons. The van der Waals surface area contributed by atoms with Crippen LogP contribution in [0.2, 0.25) is 0 Å². The maximum Gasteiger partial charge on any atom is 0.514 e. The van der Waals surface area contributed by atoms with E-state index in [-0.39, 0.29) is 0 Å². The molecule has 0 spiro atoms. The molecule has 0 amide bonds. The molecule has 0 atom stereocenters. The van der Waals surface area contributed by atoms with E-state index in [1.165, 1.54) is 7.11 Å². The number of hydrogen-bond donors (Lipinski definition) is 0. The second-order valence-electron chi connectivity index (χ2n) is 5.66. The van der Waals surface area contributed by atoms with Gasteiger partial charge >= 0.3 is 6.16 Å². The largest absolute Gasteiger partial charge is 0.514 e. The molecule has 26 heavy (non-hydrogen) atoms. The quantitative estimate of drug-likeness (QED) is 0.671. The molecule has 6 nitrogen and oxygen atoms in total. The third-order valence-electron chi connectivity index (χ3n) is 3.95. The Morgan fingerprint density at radius 1 is 1.15 bits per heavy atom. The maximum absolute atomic E-state index is 11.8. The van der Waals surface area contributed by atoms with Gasteiger partial charge in [0.25, 0.3) is 0 Å². The van der Waals surface area contributed by atoms with Crippen molar-refractivity contribution in [3.05, 3.63) is 77.0 Å². The predicted molar refractivity (Wildman–Crippen MR) is 95.3 cm³/mol. The first-order valence-electron chi connectivity index (χ1n) is 8.01. The number of aryl methyl sites for hydroxylation is 1. The van der Waals surface area contributed by atoms with Crippen LogP contribution in [-0.2, 0) is 11.2 Å². The van der Waals surface area contributed by atoms with Gasteiger partial charge in [0.05, 0.1) is 30.1 Å². The van der Waals surface area contributed by atoms with Crippen LogP contribution in [0.1, 0.15) is 22.4 Å². The van der Waals surface area contributed by atoms with Gasteiger partial charge in [-0.3, -0.25) is 0 Å². The van der Waals surface area contributed by atoms with Gasteiger partial charge < -0.3 is 9.47 Å². The van der Waals surface area contributed by atoms with Crippen LogP contribution >= 0.6 is 0 Å². The number of methoxy groups -OCH3 is 1. The van der Waals surface area contributed by atoms with Crippen molar-refractivity contribution >= 4 is 6.16 Å². The van der Waals surface area contributed by atoms with E-state index in [1.807, 2.05) is 37.3 Å². The zero-order valence-corrected chi connectivity index (χ0v) is 14.5. The molecule has 2 aromatic carbocycles. The summed E-state index contributed by atoms with van der Waals surface area (Å²) in [6.07, 6.45) is -0.246. The Hall–Kier alpha value is -3.59. The van der Waals surface area contributed by atoms with Crippen molar-refractivity contribution in [2.24, 2.45) is 0 Å². The zero-order chi connectivity index (χ0) is 18.5. The van der Waals surface area contributed by atoms with Crippen LogP contribution in [0.25, 0.3) is 5.69 Å². The number of aromatic nitrogens is 2. The number of benzene rings is 2. The van der Waals surface area contributed by atoms with Crippen LogP contribution in [0, 0.1) is 18.3 Å². The monoisotopic (exact) mass is 347 g/mol. The van der Waals surface area contributed by atoms with E-state index in [4.69, 9.17) is 10.00 Å². The summed E-state index contributed by atoms with van der Waals surface area (Å²) in [6.45, 7) is 1.86. The topological polar surface area (TPSA) is 77.1 Å². The molecule has 3 rings (SSSR count). The van der Waals surface area contributed by atoms with Crippen molar-refractivity contribution in [2.75, 3.05) is 7.11 Å². The summed E-state index contributed by atoms with van der Waals surface area (Å²) >= 11 is 0. The molecule has 0 N–H and O–H groups in total. The number of rotatable bonds is 4. The lowest BCUT2D eigenvalue weighted by atomic mass is 10.1. The van der Waals surface area contributed by atoms with Gasteiger partial charge in [0.2, 0.25) is 5.88 Å². The van der Waals surface area contributed by atoms with Crippen LogP contribution < -0.4 is 4.74 Å². The number of carbonyl (C=O) groups excluding carboxylic acids is 1. The lowest BCUT2D eigenvalue weighted by Crippen LogP contribution is -2.12. The summed E-state index contributed by atoms with van der Waals surface area (Å²) in [5.74, 6) is 0.308. The van der Waals surface area contributed by atoms with Crippen molar-refractivity contribution in [1.29, 1.82) is 5.26 Å². The third-order valence-corrected chi connectivity index (χ3v) is 3.95. The van der Waals surface area contributed by atoms with Gasteiger partial charge in [-0.2, -0.15) is 10.4 Å². The number of nitriles is 1. The Morgan fingerprint density at radius 3 is 2.46 bits per heavy atom. The first-order chi connectivity index (χ1) is 12.6. The molecule has 0 saturated carbocycles. The van der Waals surface area contributed by atoms with Crippen LogP contribution in [0.4, 0.5) is 4.79 Å². The van der Waals surface area contributed by atoms with E-state index in [0.29, 0.717) is 23.6 Å². The Morgan fingerprint density at radius 2 is 1.85 bits per heavy atom. The molecule has 0 fully saturated rings. The molecule has 130 valence electrons. The maximum atomic E-state index is 11.8. The van der Waals surface area contributed by atoms with E-state index in [2.05, 4.69) is 15.9 Å². The number of ether oxygens (including phenoxy) is 2. The first kappa shape index (κ1) is 17.2. The second-order valence-corrected chi connectivity index (χ2v) is 5.66. The second kappa shape index (κ2) is 7.53. The summed E-state index contributed by atoms with van der Waals surface area (Å²) in [5, 5.41) is 13.5. The molecule has 0 unspecified atom stereocenters. The van der Waals surface area contributed by atoms with Gasteiger partial charge in [-0.15, -0.1) is 0 Å². The Kier molecular flexibility index (Phi) is 4.99. The Bertz CT molecular complexity index is 954. The van der Waals surface area contributed by atoms with Gasteiger partial charge in [-0.1, -0.05) is 30.3 Å². The standard InChI is InChI=1S/C20H17N3O3/c1-14-18(12-15-6-4-3-5-7-15)19(26-20(24)25-2)23(22-14)17-10-8-16(13-21)9-11-17/h3-11H,12H2,1-2H3. The van der Waals surface area contributed by atoms with Gasteiger partial charge in [-0.25, -0.2) is 9.48 Å². The van der Waals surface area contributed by atoms with Crippen LogP contribution in [0.5, 0.6) is 5.88 Å². The van der Waals surface area contributed by atoms with Crippen LogP contribution in [0.15, 0.2) is 54.6 Å². The van der Waals surface area contributed by atoms with Gasteiger partial charge in [0, 0.05) is 12.0 Å². The molecule has 1 aromatic heterocycles. The summed E-state index contributed by atoms with van der Waals surface area (Å²) in [4.78, 5) is 11.8.